The Morgan fingerprint density at radius 3 is 2.44 bits per heavy atom. The van der Waals surface area contributed by atoms with Crippen LogP contribution in [0.3, 0.4) is 0 Å². The zero-order chi connectivity index (χ0) is 21.9. The molecule has 7 heteroatoms. The second-order valence-corrected chi connectivity index (χ2v) is 8.92. The van der Waals surface area contributed by atoms with E-state index in [0.717, 1.165) is 45.4 Å². The lowest BCUT2D eigenvalue weighted by molar-refractivity contribution is 0.0526. The van der Waals surface area contributed by atoms with Gasteiger partial charge in [0, 0.05) is 11.1 Å². The van der Waals surface area contributed by atoms with Gasteiger partial charge in [-0.1, -0.05) is 29.9 Å². The first-order chi connectivity index (χ1) is 15.7. The third-order valence-corrected chi connectivity index (χ3v) is 6.66. The summed E-state index contributed by atoms with van der Waals surface area (Å²) in [6.45, 7) is 2.16. The Morgan fingerprint density at radius 1 is 1.03 bits per heavy atom. The van der Waals surface area contributed by atoms with E-state index in [1.807, 2.05) is 30.5 Å². The van der Waals surface area contributed by atoms with Gasteiger partial charge in [-0.15, -0.1) is 0 Å². The first-order valence-corrected chi connectivity index (χ1v) is 11.9. The van der Waals surface area contributed by atoms with Crippen LogP contribution in [0.15, 0.2) is 54.7 Å². The van der Waals surface area contributed by atoms with E-state index in [2.05, 4.69) is 12.1 Å². The monoisotopic (exact) mass is 447 g/mol. The predicted molar refractivity (Wildman–Crippen MR) is 125 cm³/mol. The van der Waals surface area contributed by atoms with Crippen LogP contribution in [0.4, 0.5) is 0 Å². The maximum absolute atomic E-state index is 11.8. The first kappa shape index (κ1) is 20.7. The minimum atomic E-state index is -0.314. The Kier molecular flexibility index (Phi) is 5.90. The van der Waals surface area contributed by atoms with Gasteiger partial charge in [-0.3, -0.25) is 0 Å². The normalized spacial score (nSPS) is 14.5. The number of carbonyl (C=O) groups excluding carboxylic acids is 1. The third kappa shape index (κ3) is 4.39. The fourth-order valence-electron chi connectivity index (χ4n) is 4.00. The van der Waals surface area contributed by atoms with Crippen molar-refractivity contribution in [3.8, 4) is 27.6 Å². The highest BCUT2D eigenvalue weighted by Gasteiger charge is 2.16. The minimum Gasteiger partial charge on any atom is -0.490 e. The van der Waals surface area contributed by atoms with Gasteiger partial charge in [0.05, 0.1) is 30.2 Å². The van der Waals surface area contributed by atoms with E-state index in [-0.39, 0.29) is 5.97 Å². The van der Waals surface area contributed by atoms with Crippen LogP contribution in [-0.2, 0) is 4.74 Å². The molecule has 2 heterocycles. The number of benzene rings is 2. The summed E-state index contributed by atoms with van der Waals surface area (Å²) in [5, 5.41) is 5.62. The molecule has 0 unspecified atom stereocenters. The van der Waals surface area contributed by atoms with Crippen molar-refractivity contribution in [2.75, 3.05) is 6.61 Å². The van der Waals surface area contributed by atoms with Crippen LogP contribution in [-0.4, -0.2) is 33.3 Å². The number of aromatic nitrogens is 3. The minimum absolute atomic E-state index is 0.314. The maximum atomic E-state index is 11.8. The van der Waals surface area contributed by atoms with Gasteiger partial charge in [-0.05, 0) is 69.0 Å². The van der Waals surface area contributed by atoms with Crippen molar-refractivity contribution in [2.24, 2.45) is 0 Å². The van der Waals surface area contributed by atoms with Crippen molar-refractivity contribution in [1.82, 2.24) is 14.6 Å². The van der Waals surface area contributed by atoms with E-state index in [1.54, 1.807) is 34.9 Å². The highest BCUT2D eigenvalue weighted by atomic mass is 32.1. The van der Waals surface area contributed by atoms with Crippen molar-refractivity contribution >= 4 is 22.3 Å². The number of hydrogen-bond donors (Lipinski definition) is 0. The number of fused-ring (bicyclic) bond motifs is 1. The molecule has 6 nitrogen and oxygen atoms in total. The van der Waals surface area contributed by atoms with Crippen molar-refractivity contribution in [1.29, 1.82) is 0 Å². The van der Waals surface area contributed by atoms with Gasteiger partial charge in [-0.2, -0.15) is 5.10 Å². The number of nitrogens with zero attached hydrogens (tertiary/aromatic N) is 3. The lowest BCUT2D eigenvalue weighted by Crippen LogP contribution is -2.19. The molecule has 0 aliphatic heterocycles. The molecule has 32 heavy (non-hydrogen) atoms. The molecule has 0 saturated heterocycles. The molecule has 2 aromatic carbocycles. The average Bonchev–Trinajstić information content (AvgIpc) is 3.40. The number of hydrogen-bond acceptors (Lipinski definition) is 6. The summed E-state index contributed by atoms with van der Waals surface area (Å²) in [6.07, 6.45) is 8.42. The summed E-state index contributed by atoms with van der Waals surface area (Å²) in [7, 11) is 0. The van der Waals surface area contributed by atoms with E-state index >= 15 is 0 Å². The van der Waals surface area contributed by atoms with Crippen molar-refractivity contribution in [2.45, 2.75) is 45.1 Å². The first-order valence-electron chi connectivity index (χ1n) is 11.1. The summed E-state index contributed by atoms with van der Waals surface area (Å²) in [5.74, 6) is 0.613. The molecule has 0 radical (unpaired) electrons. The smallest absolute Gasteiger partial charge is 0.338 e. The third-order valence-electron chi connectivity index (χ3n) is 5.69. The molecule has 1 aliphatic carbocycles. The summed E-state index contributed by atoms with van der Waals surface area (Å²) in [4.78, 5) is 17.4. The Labute approximate surface area is 190 Å². The van der Waals surface area contributed by atoms with E-state index in [9.17, 15) is 4.79 Å². The van der Waals surface area contributed by atoms with Crippen LogP contribution in [0.2, 0.25) is 0 Å². The van der Waals surface area contributed by atoms with Gasteiger partial charge in [0.1, 0.15) is 10.8 Å². The quantitative estimate of drug-likeness (QED) is 0.339. The molecule has 1 aliphatic rings. The molecule has 0 bridgehead atoms. The van der Waals surface area contributed by atoms with Crippen LogP contribution in [0.1, 0.15) is 49.4 Å². The van der Waals surface area contributed by atoms with E-state index in [0.29, 0.717) is 18.3 Å². The van der Waals surface area contributed by atoms with Gasteiger partial charge >= 0.3 is 5.97 Å². The topological polar surface area (TPSA) is 65.7 Å². The summed E-state index contributed by atoms with van der Waals surface area (Å²) >= 11 is 1.55. The zero-order valence-corrected chi connectivity index (χ0v) is 18.8. The highest BCUT2D eigenvalue weighted by molar-refractivity contribution is 7.19. The molecule has 5 rings (SSSR count). The Morgan fingerprint density at radius 2 is 1.75 bits per heavy atom. The largest absolute Gasteiger partial charge is 0.490 e. The SMILES string of the molecule is CCOC(=O)c1ccc(-c2cn3nc(-c4ccc(OC5CCCCC5)cc4)sc3n2)cc1. The van der Waals surface area contributed by atoms with E-state index < -0.39 is 0 Å². The lowest BCUT2D eigenvalue weighted by atomic mass is 9.98. The molecule has 0 amide bonds. The summed E-state index contributed by atoms with van der Waals surface area (Å²) < 4.78 is 13.0. The predicted octanol–water partition coefficient (Wildman–Crippen LogP) is 6.01. The van der Waals surface area contributed by atoms with Crippen LogP contribution >= 0.6 is 11.3 Å². The second-order valence-electron chi connectivity index (χ2n) is 7.96. The number of rotatable bonds is 6. The Bertz CT molecular complexity index is 1170. The van der Waals surface area contributed by atoms with Crippen molar-refractivity contribution in [3.05, 3.63) is 60.3 Å². The molecular weight excluding hydrogens is 422 g/mol. The van der Waals surface area contributed by atoms with Gasteiger partial charge in [0.25, 0.3) is 0 Å². The Hall–Kier alpha value is -3.19. The molecule has 1 saturated carbocycles. The number of ether oxygens (including phenoxy) is 2. The van der Waals surface area contributed by atoms with Gasteiger partial charge < -0.3 is 9.47 Å². The fraction of sp³-hybridized carbons (Fsp3) is 0.320. The van der Waals surface area contributed by atoms with Crippen LogP contribution in [0.25, 0.3) is 26.8 Å². The zero-order valence-electron chi connectivity index (χ0n) is 18.0. The van der Waals surface area contributed by atoms with Gasteiger partial charge in [0.15, 0.2) is 0 Å². The molecule has 0 atom stereocenters. The van der Waals surface area contributed by atoms with Gasteiger partial charge in [0.2, 0.25) is 4.96 Å². The molecule has 2 aromatic heterocycles. The molecule has 4 aromatic rings. The summed E-state index contributed by atoms with van der Waals surface area (Å²) in [5.41, 5.74) is 3.34. The van der Waals surface area contributed by atoms with Crippen LogP contribution < -0.4 is 4.74 Å². The van der Waals surface area contributed by atoms with Crippen molar-refractivity contribution < 1.29 is 14.3 Å². The van der Waals surface area contributed by atoms with Gasteiger partial charge in [-0.25, -0.2) is 14.3 Å². The molecule has 164 valence electrons. The standard InChI is InChI=1S/C25H25N3O3S/c1-2-30-24(29)19-10-8-17(9-11-19)22-16-28-25(26-22)32-23(27-28)18-12-14-21(15-13-18)31-20-6-4-3-5-7-20/h8-16,20H,2-7H2,1H3. The molecular formula is C25H25N3O3S. The summed E-state index contributed by atoms with van der Waals surface area (Å²) in [6, 6.07) is 15.5. The number of imidazole rings is 1. The number of esters is 1. The van der Waals surface area contributed by atoms with E-state index in [4.69, 9.17) is 19.6 Å². The molecule has 0 spiro atoms. The Balaban J connectivity index is 1.30. The fourth-order valence-corrected chi connectivity index (χ4v) is 4.89. The lowest BCUT2D eigenvalue weighted by Gasteiger charge is -2.22. The average molecular weight is 448 g/mol. The van der Waals surface area contributed by atoms with E-state index in [1.165, 1.54) is 19.3 Å². The maximum Gasteiger partial charge on any atom is 0.338 e. The molecule has 1 fully saturated rings. The van der Waals surface area contributed by atoms with Crippen molar-refractivity contribution in [3.63, 3.8) is 0 Å². The number of carbonyl (C=O) groups is 1. The van der Waals surface area contributed by atoms with Crippen LogP contribution in [0, 0.1) is 0 Å². The van der Waals surface area contributed by atoms with Crippen LogP contribution in [0.5, 0.6) is 5.75 Å². The highest BCUT2D eigenvalue weighted by Crippen LogP contribution is 2.30. The molecule has 0 N–H and O–H groups in total. The second kappa shape index (κ2) is 9.12.